The molecule has 4 heterocycles. The lowest BCUT2D eigenvalue weighted by Gasteiger charge is -2.31. The highest BCUT2D eigenvalue weighted by atomic mass is 16.6. The number of para-hydroxylation sites is 1. The molecule has 0 spiro atoms. The second-order valence-electron chi connectivity index (χ2n) is 9.13. The number of amides is 1. The van der Waals surface area contributed by atoms with Gasteiger partial charge < -0.3 is 14.6 Å². The van der Waals surface area contributed by atoms with E-state index in [1.165, 1.54) is 0 Å². The second-order valence-corrected chi connectivity index (χ2v) is 9.13. The van der Waals surface area contributed by atoms with Crippen LogP contribution in [-0.2, 0) is 11.3 Å². The maximum absolute atomic E-state index is 12.6. The van der Waals surface area contributed by atoms with Gasteiger partial charge in [0.15, 0.2) is 0 Å². The van der Waals surface area contributed by atoms with Crippen LogP contribution in [0.4, 0.5) is 4.79 Å². The molecule has 0 aliphatic carbocycles. The highest BCUT2D eigenvalue weighted by Crippen LogP contribution is 2.38. The minimum atomic E-state index is -0.273. The third kappa shape index (κ3) is 3.86. The largest absolute Gasteiger partial charge is 0.445 e. The van der Waals surface area contributed by atoms with Gasteiger partial charge in [0, 0.05) is 29.9 Å². The molecule has 6 rings (SSSR count). The molecule has 3 aromatic rings. The predicted octanol–water partition coefficient (Wildman–Crippen LogP) is 4.43. The van der Waals surface area contributed by atoms with E-state index in [0.717, 1.165) is 52.2 Å². The van der Waals surface area contributed by atoms with Crippen molar-refractivity contribution in [2.45, 2.75) is 19.4 Å². The molecule has 8 heteroatoms. The number of hydrogen-bond donors (Lipinski definition) is 2. The number of carbonyl (C=O) groups is 1. The van der Waals surface area contributed by atoms with Crippen LogP contribution in [0.15, 0.2) is 94.4 Å². The molecule has 2 aromatic carbocycles. The first-order valence-corrected chi connectivity index (χ1v) is 11.9. The summed E-state index contributed by atoms with van der Waals surface area (Å²) in [7, 11) is 0. The van der Waals surface area contributed by atoms with Crippen LogP contribution in [0.3, 0.4) is 0 Å². The van der Waals surface area contributed by atoms with Crippen molar-refractivity contribution in [3.8, 4) is 0 Å². The molecule has 35 heavy (non-hydrogen) atoms. The molecule has 1 unspecified atom stereocenters. The monoisotopic (exact) mass is 467 g/mol. The quantitative estimate of drug-likeness (QED) is 0.439. The van der Waals surface area contributed by atoms with Gasteiger partial charge in [-0.15, -0.1) is 4.59 Å². The van der Waals surface area contributed by atoms with Crippen molar-refractivity contribution < 1.29 is 14.1 Å². The summed E-state index contributed by atoms with van der Waals surface area (Å²) in [6.45, 7) is 1.51. The number of ether oxygens (including phenoxy) is 1. The van der Waals surface area contributed by atoms with E-state index in [9.17, 15) is 4.79 Å². The van der Waals surface area contributed by atoms with Crippen molar-refractivity contribution >= 4 is 29.0 Å². The van der Waals surface area contributed by atoms with Gasteiger partial charge in [-0.2, -0.15) is 10.8 Å². The number of aromatic amines is 1. The summed E-state index contributed by atoms with van der Waals surface area (Å²) in [4.78, 5) is 27.3. The number of amidine groups is 1. The molecule has 1 amide bonds. The molecule has 176 valence electrons. The molecule has 3 N–H and O–H groups in total. The van der Waals surface area contributed by atoms with Gasteiger partial charge in [0.25, 0.3) is 5.84 Å². The van der Waals surface area contributed by atoms with E-state index in [0.29, 0.717) is 13.1 Å². The fourth-order valence-electron chi connectivity index (χ4n) is 5.03. The molecule has 1 atom stereocenters. The molecule has 3 aliphatic rings. The topological polar surface area (TPSA) is 96.1 Å². The number of quaternary nitrogens is 1. The van der Waals surface area contributed by atoms with Crippen LogP contribution in [0, 0.1) is 5.92 Å². The number of hydrogen-bond acceptors (Lipinski definition) is 5. The Kier molecular flexibility index (Phi) is 5.32. The maximum Gasteiger partial charge on any atom is 0.410 e. The van der Waals surface area contributed by atoms with Gasteiger partial charge in [0.05, 0.1) is 12.4 Å². The van der Waals surface area contributed by atoms with Crippen molar-refractivity contribution in [1.29, 1.82) is 0 Å². The molecule has 0 radical (unpaired) electrons. The zero-order chi connectivity index (χ0) is 23.8. The highest BCUT2D eigenvalue weighted by molar-refractivity contribution is 6.02. The molecule has 3 aliphatic heterocycles. The summed E-state index contributed by atoms with van der Waals surface area (Å²) in [5.41, 5.74) is 4.75. The SMILES string of the molecule is N[N+]12C=CN=CC1=C(C1CCN(C(=O)OCc3ccccc3)CC1)N=C2c1cc2ccccc2[nH]1. The number of allylic oxidation sites excluding steroid dienone is 2. The van der Waals surface area contributed by atoms with Crippen molar-refractivity contribution in [3.63, 3.8) is 0 Å². The van der Waals surface area contributed by atoms with Gasteiger partial charge in [0.1, 0.15) is 24.2 Å². The standard InChI is InChI=1S/C27H27N6O2/c28-33-15-12-29-17-24(33)25(31-26(33)23-16-21-8-4-5-9-22(21)30-23)20-10-13-32(14-11-20)27(34)35-18-19-6-2-1-3-7-19/h1-9,12,15-17,20,30H,10-11,13-14,18,28H2/q+1. The summed E-state index contributed by atoms with van der Waals surface area (Å²) < 4.78 is 5.51. The maximum atomic E-state index is 12.6. The lowest BCUT2D eigenvalue weighted by molar-refractivity contribution is -0.750. The lowest BCUT2D eigenvalue weighted by Crippen LogP contribution is -2.53. The van der Waals surface area contributed by atoms with Gasteiger partial charge in [0.2, 0.25) is 5.70 Å². The lowest BCUT2D eigenvalue weighted by atomic mass is 9.92. The first kappa shape index (κ1) is 21.5. The van der Waals surface area contributed by atoms with Gasteiger partial charge in [-0.25, -0.2) is 4.79 Å². The molecule has 0 saturated carbocycles. The van der Waals surface area contributed by atoms with Crippen molar-refractivity contribution in [1.82, 2.24) is 9.88 Å². The summed E-state index contributed by atoms with van der Waals surface area (Å²) in [6, 6.07) is 20.0. The number of nitrogens with zero attached hydrogens (tertiary/aromatic N) is 4. The molecular weight excluding hydrogens is 440 g/mol. The van der Waals surface area contributed by atoms with Crippen molar-refractivity contribution in [2.75, 3.05) is 13.1 Å². The van der Waals surface area contributed by atoms with Crippen molar-refractivity contribution in [3.05, 3.63) is 95.7 Å². The Hall–Kier alpha value is -4.01. The fraction of sp³-hybridized carbons (Fsp3) is 0.222. The molecule has 0 bridgehead atoms. The minimum Gasteiger partial charge on any atom is -0.445 e. The second kappa shape index (κ2) is 8.65. The average molecular weight is 468 g/mol. The number of nitrogens with one attached hydrogen (secondary N) is 1. The number of nitrogens with two attached hydrogens (primary N) is 1. The Labute approximate surface area is 203 Å². The van der Waals surface area contributed by atoms with Gasteiger partial charge in [-0.3, -0.25) is 4.99 Å². The number of likely N-dealkylation sites (tertiary alicyclic amines) is 1. The third-order valence-electron chi connectivity index (χ3n) is 6.94. The first-order valence-electron chi connectivity index (χ1n) is 11.9. The first-order chi connectivity index (χ1) is 17.1. The smallest absolute Gasteiger partial charge is 0.410 e. The van der Waals surface area contributed by atoms with Gasteiger partial charge in [-0.05, 0) is 30.5 Å². The number of H-pyrrole nitrogens is 1. The van der Waals surface area contributed by atoms with E-state index in [1.807, 2.05) is 60.9 Å². The Morgan fingerprint density at radius 3 is 2.69 bits per heavy atom. The van der Waals surface area contributed by atoms with Crippen LogP contribution < -0.4 is 5.84 Å². The number of fused-ring (bicyclic) bond motifs is 2. The number of benzene rings is 2. The molecule has 1 saturated heterocycles. The summed E-state index contributed by atoms with van der Waals surface area (Å²) >= 11 is 0. The summed E-state index contributed by atoms with van der Waals surface area (Å²) in [6.07, 6.45) is 6.71. The normalized spacial score (nSPS) is 22.0. The predicted molar refractivity (Wildman–Crippen MR) is 135 cm³/mol. The minimum absolute atomic E-state index is 0.00894. The van der Waals surface area contributed by atoms with Crippen LogP contribution in [-0.4, -0.2) is 45.7 Å². The molecule has 1 fully saturated rings. The summed E-state index contributed by atoms with van der Waals surface area (Å²) in [5, 5.41) is 1.11. The van der Waals surface area contributed by atoms with Crippen LogP contribution in [0.1, 0.15) is 24.1 Å². The van der Waals surface area contributed by atoms with Gasteiger partial charge >= 0.3 is 6.09 Å². The fourth-order valence-corrected chi connectivity index (χ4v) is 5.03. The Morgan fingerprint density at radius 1 is 1.11 bits per heavy atom. The van der Waals surface area contributed by atoms with Crippen molar-refractivity contribution in [2.24, 2.45) is 21.7 Å². The average Bonchev–Trinajstić information content (AvgIpc) is 3.46. The van der Waals surface area contributed by atoms with Crippen LogP contribution in [0.25, 0.3) is 10.9 Å². The van der Waals surface area contributed by atoms with Crippen LogP contribution >= 0.6 is 0 Å². The van der Waals surface area contributed by atoms with E-state index < -0.39 is 0 Å². The zero-order valence-corrected chi connectivity index (χ0v) is 19.3. The third-order valence-corrected chi connectivity index (χ3v) is 6.94. The molecule has 1 aromatic heterocycles. The highest BCUT2D eigenvalue weighted by Gasteiger charge is 2.46. The Balaban J connectivity index is 1.20. The van der Waals surface area contributed by atoms with Gasteiger partial charge in [-0.1, -0.05) is 48.5 Å². The Morgan fingerprint density at radius 2 is 1.89 bits per heavy atom. The number of rotatable bonds is 4. The number of aromatic nitrogens is 1. The number of carbonyl (C=O) groups excluding carboxylic acids is 1. The van der Waals surface area contributed by atoms with E-state index in [1.54, 1.807) is 11.1 Å². The Bertz CT molecular complexity index is 1360. The van der Waals surface area contributed by atoms with E-state index in [2.05, 4.69) is 22.1 Å². The number of aliphatic imine (C=N–C) groups is 2. The van der Waals surface area contributed by atoms with E-state index in [4.69, 9.17) is 15.6 Å². The molecule has 8 nitrogen and oxygen atoms in total. The summed E-state index contributed by atoms with van der Waals surface area (Å²) in [5.74, 6) is 7.83. The van der Waals surface area contributed by atoms with E-state index in [-0.39, 0.29) is 23.2 Å². The number of piperidine rings is 1. The van der Waals surface area contributed by atoms with Crippen LogP contribution in [0.5, 0.6) is 0 Å². The van der Waals surface area contributed by atoms with Crippen LogP contribution in [0.2, 0.25) is 0 Å². The van der Waals surface area contributed by atoms with E-state index >= 15 is 0 Å². The zero-order valence-electron chi connectivity index (χ0n) is 19.3. The molecular formula is C27H27N6O2+.